The number of nitrogens with zero attached hydrogens (tertiary/aromatic N) is 2. The predicted octanol–water partition coefficient (Wildman–Crippen LogP) is 5.80. The van der Waals surface area contributed by atoms with Gasteiger partial charge in [0.15, 0.2) is 0 Å². The summed E-state index contributed by atoms with van der Waals surface area (Å²) in [6, 6.07) is 30.3. The first-order chi connectivity index (χ1) is 15.3. The van der Waals surface area contributed by atoms with E-state index in [0.717, 1.165) is 11.4 Å². The first kappa shape index (κ1) is 18.8. The first-order valence-electron chi connectivity index (χ1n) is 10.5. The topological polar surface area (TPSA) is 25.8 Å². The number of allylic oxidation sites excluding steroid dienone is 2. The molecule has 0 fully saturated rings. The van der Waals surface area contributed by atoms with Gasteiger partial charge in [0.25, 0.3) is 0 Å². The van der Waals surface area contributed by atoms with Gasteiger partial charge in [-0.3, -0.25) is 0 Å². The Hall–Kier alpha value is -2.90. The average Bonchev–Trinajstić information content (AvgIpc) is 3.41. The standard InChI is InChI=1S/2C14H10N.Zr/c2*1-2-6-12-11(5-1)8-9-13(12)14-7-3-4-10-15-14;/h2*1-10H;. The zero-order valence-electron chi connectivity index (χ0n) is 16.9. The fourth-order valence-electron chi connectivity index (χ4n) is 4.91. The van der Waals surface area contributed by atoms with Crippen LogP contribution in [0.3, 0.4) is 0 Å². The Morgan fingerprint density at radius 1 is 0.516 bits per heavy atom. The van der Waals surface area contributed by atoms with E-state index in [1.165, 1.54) is 22.3 Å². The van der Waals surface area contributed by atoms with Crippen LogP contribution in [-0.2, 0) is 29.5 Å². The van der Waals surface area contributed by atoms with E-state index in [4.69, 9.17) is 9.97 Å². The molecule has 0 N–H and O–H groups in total. The number of hydrogen-bond donors (Lipinski definition) is 0. The molecule has 0 amide bonds. The second-order valence-electron chi connectivity index (χ2n) is 8.01. The second-order valence-corrected chi connectivity index (χ2v) is 12.5. The molecule has 0 bridgehead atoms. The molecule has 0 saturated carbocycles. The fraction of sp³-hybridized carbons (Fsp3) is 0.0714. The molecule has 2 atom stereocenters. The fourth-order valence-corrected chi connectivity index (χ4v) is 10.4. The van der Waals surface area contributed by atoms with Crippen LogP contribution in [0.25, 0.3) is 12.2 Å². The van der Waals surface area contributed by atoms with Crippen molar-refractivity contribution in [1.82, 2.24) is 9.97 Å². The van der Waals surface area contributed by atoms with Crippen LogP contribution in [0.5, 0.6) is 0 Å². The predicted molar refractivity (Wildman–Crippen MR) is 121 cm³/mol. The molecule has 31 heavy (non-hydrogen) atoms. The van der Waals surface area contributed by atoms with Crippen molar-refractivity contribution >= 4 is 12.2 Å². The molecule has 4 aromatic rings. The van der Waals surface area contributed by atoms with Gasteiger partial charge in [-0.25, -0.2) is 0 Å². The Labute approximate surface area is 194 Å². The van der Waals surface area contributed by atoms with Gasteiger partial charge in [-0.05, 0) is 0 Å². The summed E-state index contributed by atoms with van der Waals surface area (Å²) >= 11 is -1.36. The zero-order chi connectivity index (χ0) is 20.7. The molecule has 0 radical (unpaired) electrons. The van der Waals surface area contributed by atoms with E-state index >= 15 is 0 Å². The summed E-state index contributed by atoms with van der Waals surface area (Å²) in [5.74, 6) is 0. The molecular weight excluding hydrogens is 456 g/mol. The van der Waals surface area contributed by atoms with Crippen molar-refractivity contribution in [2.75, 3.05) is 0 Å². The van der Waals surface area contributed by atoms with Crippen molar-refractivity contribution in [3.8, 4) is 0 Å². The number of rotatable bonds is 4. The van der Waals surface area contributed by atoms with Gasteiger partial charge in [-0.15, -0.1) is 0 Å². The molecule has 3 heteroatoms. The Bertz CT molecular complexity index is 1210. The van der Waals surface area contributed by atoms with Crippen molar-refractivity contribution < 1.29 is 23.2 Å². The number of benzene rings is 2. The molecule has 2 nitrogen and oxygen atoms in total. The Morgan fingerprint density at radius 3 is 1.42 bits per heavy atom. The summed E-state index contributed by atoms with van der Waals surface area (Å²) < 4.78 is -0.332. The zero-order valence-corrected chi connectivity index (χ0v) is 19.4. The number of fused-ring (bicyclic) bond motifs is 2. The molecule has 2 unspecified atom stereocenters. The van der Waals surface area contributed by atoms with Crippen molar-refractivity contribution in [2.45, 2.75) is 6.25 Å². The minimum atomic E-state index is -1.36. The third-order valence-electron chi connectivity index (χ3n) is 6.33. The van der Waals surface area contributed by atoms with Gasteiger partial charge in [0.2, 0.25) is 0 Å². The van der Waals surface area contributed by atoms with Crippen molar-refractivity contribution in [3.05, 3.63) is 143 Å². The maximum atomic E-state index is 4.90. The quantitative estimate of drug-likeness (QED) is 0.373. The van der Waals surface area contributed by atoms with Gasteiger partial charge in [0.05, 0.1) is 0 Å². The summed E-state index contributed by atoms with van der Waals surface area (Å²) in [6.07, 6.45) is 13.3. The third kappa shape index (κ3) is 2.87. The van der Waals surface area contributed by atoms with Crippen LogP contribution in [0.4, 0.5) is 0 Å². The average molecular weight is 476 g/mol. The molecule has 2 heterocycles. The summed E-state index contributed by atoms with van der Waals surface area (Å²) in [5, 5.41) is 0. The summed E-state index contributed by atoms with van der Waals surface area (Å²) in [4.78, 5) is 9.80. The van der Waals surface area contributed by atoms with Gasteiger partial charge in [0, 0.05) is 0 Å². The molecule has 2 aromatic heterocycles. The summed E-state index contributed by atoms with van der Waals surface area (Å²) in [6.45, 7) is 0. The first-order valence-corrected chi connectivity index (χ1v) is 13.0. The van der Waals surface area contributed by atoms with Crippen LogP contribution in [-0.4, -0.2) is 9.97 Å². The minimum absolute atomic E-state index is 0.166. The number of aromatic nitrogens is 2. The normalized spacial score (nSPS) is 22.8. The van der Waals surface area contributed by atoms with E-state index in [9.17, 15) is 0 Å². The second kappa shape index (κ2) is 7.36. The molecule has 6 rings (SSSR count). The van der Waals surface area contributed by atoms with Crippen LogP contribution in [0.15, 0.2) is 109 Å². The van der Waals surface area contributed by atoms with Gasteiger partial charge < -0.3 is 0 Å². The Morgan fingerprint density at radius 2 is 0.968 bits per heavy atom. The van der Waals surface area contributed by atoms with E-state index in [2.05, 4.69) is 97.1 Å². The van der Waals surface area contributed by atoms with Crippen molar-refractivity contribution in [3.63, 3.8) is 0 Å². The molecule has 2 aromatic carbocycles. The van der Waals surface area contributed by atoms with Crippen molar-refractivity contribution in [1.29, 1.82) is 0 Å². The van der Waals surface area contributed by atoms with Crippen LogP contribution >= 0.6 is 0 Å². The Kier molecular flexibility index (Phi) is 4.47. The molecule has 146 valence electrons. The molecule has 0 aliphatic heterocycles. The SMILES string of the molecule is C1=C[C]([Zr][C]2(c3ccccn3)C=Cc3ccccc32)(c2ccccn2)c2ccccc21. The van der Waals surface area contributed by atoms with E-state index in [1.807, 2.05) is 24.5 Å². The van der Waals surface area contributed by atoms with Crippen molar-refractivity contribution in [2.24, 2.45) is 0 Å². The molecule has 2 aliphatic rings. The number of pyridine rings is 2. The van der Waals surface area contributed by atoms with Crippen LogP contribution < -0.4 is 0 Å². The molecule has 2 aliphatic carbocycles. The summed E-state index contributed by atoms with van der Waals surface area (Å²) in [7, 11) is 0. The van der Waals surface area contributed by atoms with Gasteiger partial charge in [-0.1, -0.05) is 0 Å². The molecular formula is C28H20N2Zr. The van der Waals surface area contributed by atoms with Gasteiger partial charge in [-0.2, -0.15) is 0 Å². The van der Waals surface area contributed by atoms with E-state index in [-0.39, 0.29) is 6.25 Å². The van der Waals surface area contributed by atoms with E-state index in [1.54, 1.807) is 0 Å². The van der Waals surface area contributed by atoms with E-state index < -0.39 is 23.2 Å². The maximum absolute atomic E-state index is 4.90. The van der Waals surface area contributed by atoms with Gasteiger partial charge in [0.1, 0.15) is 0 Å². The Balaban J connectivity index is 1.62. The van der Waals surface area contributed by atoms with Crippen LogP contribution in [0.2, 0.25) is 0 Å². The molecule has 0 saturated heterocycles. The van der Waals surface area contributed by atoms with Crippen LogP contribution in [0, 0.1) is 0 Å². The monoisotopic (exact) mass is 474 g/mol. The third-order valence-corrected chi connectivity index (χ3v) is 11.7. The molecule has 0 spiro atoms. The van der Waals surface area contributed by atoms with E-state index in [0.29, 0.717) is 0 Å². The van der Waals surface area contributed by atoms with Gasteiger partial charge >= 0.3 is 195 Å². The summed E-state index contributed by atoms with van der Waals surface area (Å²) in [5.41, 5.74) is 7.68. The number of hydrogen-bond acceptors (Lipinski definition) is 2. The van der Waals surface area contributed by atoms with Crippen LogP contribution in [0.1, 0.15) is 33.6 Å².